The fourth-order valence-electron chi connectivity index (χ4n) is 5.15. The van der Waals surface area contributed by atoms with Crippen LogP contribution in [0.2, 0.25) is 0 Å². The van der Waals surface area contributed by atoms with Crippen molar-refractivity contribution in [2.45, 2.75) is 39.0 Å². The van der Waals surface area contributed by atoms with Crippen molar-refractivity contribution >= 4 is 28.0 Å². The van der Waals surface area contributed by atoms with Gasteiger partial charge >= 0.3 is 0 Å². The van der Waals surface area contributed by atoms with Gasteiger partial charge in [0.15, 0.2) is 0 Å². The minimum atomic E-state index is -2.58. The number of nitrogens with one attached hydrogen (secondary N) is 2. The fraction of sp³-hybridized carbons (Fsp3) is 0.321. The van der Waals surface area contributed by atoms with Crippen LogP contribution in [-0.2, 0) is 13.5 Å². The molecule has 1 aliphatic rings. The smallest absolute Gasteiger partial charge is 0.264 e. The molecule has 7 heteroatoms. The first-order valence-electron chi connectivity index (χ1n) is 12.0. The van der Waals surface area contributed by atoms with Crippen LogP contribution in [0.3, 0.4) is 0 Å². The highest BCUT2D eigenvalue weighted by Gasteiger charge is 2.26. The lowest BCUT2D eigenvalue weighted by atomic mass is 9.92. The standard InChI is InChI=1S/C28H31F2N5/c1-16(2)21-10-20(11-23-25(17(3)31-4)14-32-27(21)23)35-8-6-7-18-9-22(19-13-33-34(5)15-19)24(28(29)30)12-26(18)35/h9-16,28,31-32H,3,6-8H2,1-2,4-5H3. The number of fused-ring (bicyclic) bond motifs is 2. The minimum absolute atomic E-state index is 0.0414. The molecular weight excluding hydrogens is 444 g/mol. The predicted molar refractivity (Wildman–Crippen MR) is 139 cm³/mol. The van der Waals surface area contributed by atoms with E-state index in [4.69, 9.17) is 0 Å². The molecule has 5 nitrogen and oxygen atoms in total. The molecule has 0 bridgehead atoms. The molecule has 0 aliphatic carbocycles. The molecule has 5 rings (SSSR count). The van der Waals surface area contributed by atoms with E-state index in [1.54, 1.807) is 30.2 Å². The van der Waals surface area contributed by atoms with Crippen LogP contribution in [0.1, 0.15) is 54.9 Å². The zero-order valence-corrected chi connectivity index (χ0v) is 20.6. The number of anilines is 2. The topological polar surface area (TPSA) is 48.9 Å². The lowest BCUT2D eigenvalue weighted by molar-refractivity contribution is 0.152. The number of rotatable bonds is 6. The normalized spacial score (nSPS) is 13.7. The zero-order valence-electron chi connectivity index (χ0n) is 20.6. The number of H-pyrrole nitrogens is 1. The van der Waals surface area contributed by atoms with Gasteiger partial charge in [-0.05, 0) is 59.7 Å². The second kappa shape index (κ2) is 8.87. The van der Waals surface area contributed by atoms with Gasteiger partial charge in [0.25, 0.3) is 6.43 Å². The third-order valence-electron chi connectivity index (χ3n) is 6.99. The van der Waals surface area contributed by atoms with E-state index in [-0.39, 0.29) is 5.56 Å². The van der Waals surface area contributed by atoms with E-state index < -0.39 is 6.43 Å². The summed E-state index contributed by atoms with van der Waals surface area (Å²) >= 11 is 0. The predicted octanol–water partition coefficient (Wildman–Crippen LogP) is 6.90. The quantitative estimate of drug-likeness (QED) is 0.319. The molecule has 2 aromatic heterocycles. The van der Waals surface area contributed by atoms with E-state index in [0.717, 1.165) is 58.5 Å². The van der Waals surface area contributed by atoms with Gasteiger partial charge in [-0.15, -0.1) is 0 Å². The maximum Gasteiger partial charge on any atom is 0.264 e. The first-order valence-corrected chi connectivity index (χ1v) is 12.0. The van der Waals surface area contributed by atoms with Crippen molar-refractivity contribution in [3.05, 3.63) is 71.7 Å². The monoisotopic (exact) mass is 475 g/mol. The first-order chi connectivity index (χ1) is 16.8. The van der Waals surface area contributed by atoms with Crippen molar-refractivity contribution in [2.24, 2.45) is 7.05 Å². The number of aryl methyl sites for hydroxylation is 2. The van der Waals surface area contributed by atoms with Crippen molar-refractivity contribution < 1.29 is 8.78 Å². The summed E-state index contributed by atoms with van der Waals surface area (Å²) < 4.78 is 30.2. The molecule has 35 heavy (non-hydrogen) atoms. The minimum Gasteiger partial charge on any atom is -0.388 e. The molecule has 3 heterocycles. The summed E-state index contributed by atoms with van der Waals surface area (Å²) in [4.78, 5) is 5.62. The molecule has 2 N–H and O–H groups in total. The van der Waals surface area contributed by atoms with Crippen LogP contribution in [0.15, 0.2) is 49.4 Å². The molecule has 1 aliphatic heterocycles. The van der Waals surface area contributed by atoms with Crippen LogP contribution in [0, 0.1) is 0 Å². The molecule has 182 valence electrons. The van der Waals surface area contributed by atoms with Gasteiger partial charge in [-0.1, -0.05) is 20.4 Å². The number of hydrogen-bond donors (Lipinski definition) is 2. The van der Waals surface area contributed by atoms with Gasteiger partial charge < -0.3 is 15.2 Å². The second-order valence-corrected chi connectivity index (χ2v) is 9.57. The van der Waals surface area contributed by atoms with Crippen molar-refractivity contribution in [2.75, 3.05) is 18.5 Å². The summed E-state index contributed by atoms with van der Waals surface area (Å²) in [6.45, 7) is 9.27. The van der Waals surface area contributed by atoms with Crippen molar-refractivity contribution in [3.8, 4) is 11.1 Å². The molecule has 0 fully saturated rings. The van der Waals surface area contributed by atoms with Gasteiger partial charge in [-0.2, -0.15) is 5.10 Å². The Morgan fingerprint density at radius 2 is 1.97 bits per heavy atom. The molecule has 2 aromatic carbocycles. The number of aromatic nitrogens is 3. The number of hydrogen-bond acceptors (Lipinski definition) is 3. The van der Waals surface area contributed by atoms with Gasteiger partial charge in [0.2, 0.25) is 0 Å². The first kappa shape index (κ1) is 23.1. The highest BCUT2D eigenvalue weighted by molar-refractivity contribution is 5.97. The van der Waals surface area contributed by atoms with Crippen molar-refractivity contribution in [1.82, 2.24) is 20.1 Å². The maximum absolute atomic E-state index is 14.3. The Balaban J connectivity index is 1.69. The molecule has 0 unspecified atom stereocenters. The summed E-state index contributed by atoms with van der Waals surface area (Å²) in [5.41, 5.74) is 8.41. The molecule has 0 radical (unpaired) electrons. The Bertz CT molecular complexity index is 1410. The summed E-state index contributed by atoms with van der Waals surface area (Å²) in [6.07, 6.45) is 4.65. The molecule has 4 aromatic rings. The Morgan fingerprint density at radius 1 is 1.17 bits per heavy atom. The number of halogens is 2. The Morgan fingerprint density at radius 3 is 2.63 bits per heavy atom. The van der Waals surface area contributed by atoms with Crippen molar-refractivity contribution in [1.29, 1.82) is 0 Å². The van der Waals surface area contributed by atoms with Crippen LogP contribution in [-0.4, -0.2) is 28.4 Å². The average Bonchev–Trinajstić information content (AvgIpc) is 3.47. The SMILES string of the molecule is C=C(NC)c1c[nH]c2c(C(C)C)cc(N3CCCc4cc(-c5cnn(C)c5)c(C(F)F)cc43)cc12. The lowest BCUT2D eigenvalue weighted by Crippen LogP contribution is -2.25. The molecule has 0 saturated carbocycles. The summed E-state index contributed by atoms with van der Waals surface area (Å²) in [7, 11) is 3.66. The van der Waals surface area contributed by atoms with Gasteiger partial charge in [-0.3, -0.25) is 4.68 Å². The average molecular weight is 476 g/mol. The maximum atomic E-state index is 14.3. The van der Waals surface area contributed by atoms with Crippen LogP contribution < -0.4 is 10.2 Å². The van der Waals surface area contributed by atoms with E-state index in [2.05, 4.69) is 52.9 Å². The van der Waals surface area contributed by atoms with Crippen LogP contribution in [0.25, 0.3) is 27.7 Å². The largest absolute Gasteiger partial charge is 0.388 e. The van der Waals surface area contributed by atoms with E-state index >= 15 is 0 Å². The summed E-state index contributed by atoms with van der Waals surface area (Å²) in [5.74, 6) is 0.292. The van der Waals surface area contributed by atoms with E-state index in [1.165, 1.54) is 5.56 Å². The zero-order chi connectivity index (χ0) is 24.9. The third kappa shape index (κ3) is 3.99. The Hall–Kier alpha value is -3.61. The van der Waals surface area contributed by atoms with Gasteiger partial charge in [-0.25, -0.2) is 8.78 Å². The second-order valence-electron chi connectivity index (χ2n) is 9.57. The fourth-order valence-corrected chi connectivity index (χ4v) is 5.15. The summed E-state index contributed by atoms with van der Waals surface area (Å²) in [6, 6.07) is 7.97. The molecule has 0 amide bonds. The van der Waals surface area contributed by atoms with Gasteiger partial charge in [0.05, 0.1) is 6.20 Å². The number of aromatic amines is 1. The molecule has 0 saturated heterocycles. The third-order valence-corrected chi connectivity index (χ3v) is 6.99. The van der Waals surface area contributed by atoms with Gasteiger partial charge in [0, 0.05) is 77.7 Å². The number of nitrogens with zero attached hydrogens (tertiary/aromatic N) is 3. The molecule has 0 atom stereocenters. The van der Waals surface area contributed by atoms with Crippen molar-refractivity contribution in [3.63, 3.8) is 0 Å². The van der Waals surface area contributed by atoms with Crippen LogP contribution in [0.5, 0.6) is 0 Å². The van der Waals surface area contributed by atoms with E-state index in [0.29, 0.717) is 17.0 Å². The Labute approximate surface area is 204 Å². The molecule has 0 spiro atoms. The van der Waals surface area contributed by atoms with Gasteiger partial charge in [0.1, 0.15) is 0 Å². The van der Waals surface area contributed by atoms with E-state index in [9.17, 15) is 8.78 Å². The number of alkyl halides is 2. The highest BCUT2D eigenvalue weighted by atomic mass is 19.3. The molecular formula is C28H31F2N5. The van der Waals surface area contributed by atoms with Crippen LogP contribution >= 0.6 is 0 Å². The van der Waals surface area contributed by atoms with Crippen LogP contribution in [0.4, 0.5) is 20.2 Å². The lowest BCUT2D eigenvalue weighted by Gasteiger charge is -2.33. The summed E-state index contributed by atoms with van der Waals surface area (Å²) in [5, 5.41) is 8.42. The highest BCUT2D eigenvalue weighted by Crippen LogP contribution is 2.43. The number of benzene rings is 2. The Kier molecular flexibility index (Phi) is 5.87. The van der Waals surface area contributed by atoms with E-state index in [1.807, 2.05) is 19.3 Å².